The van der Waals surface area contributed by atoms with E-state index in [9.17, 15) is 0 Å². The summed E-state index contributed by atoms with van der Waals surface area (Å²) < 4.78 is 0. The van der Waals surface area contributed by atoms with E-state index in [1.807, 2.05) is 6.07 Å². The average Bonchev–Trinajstić information content (AvgIpc) is 3.46. The van der Waals surface area contributed by atoms with Crippen LogP contribution in [0.3, 0.4) is 0 Å². The van der Waals surface area contributed by atoms with Crippen molar-refractivity contribution in [2.75, 3.05) is 62.2 Å². The van der Waals surface area contributed by atoms with Gasteiger partial charge in [0.05, 0.1) is 5.69 Å². The lowest BCUT2D eigenvalue weighted by Crippen LogP contribution is -2.53. The molecule has 2 aromatic rings. The first-order chi connectivity index (χ1) is 14.3. The molecule has 0 aromatic carbocycles. The smallest absolute Gasteiger partial charge is 0.225 e. The van der Waals surface area contributed by atoms with Crippen LogP contribution in [0, 0.1) is 0 Å². The minimum atomic E-state index is 0. The van der Waals surface area contributed by atoms with E-state index in [2.05, 4.69) is 42.3 Å². The Morgan fingerprint density at radius 3 is 2.50 bits per heavy atom. The number of aliphatic imine (C=N–C) groups is 1. The van der Waals surface area contributed by atoms with Crippen molar-refractivity contribution in [2.24, 2.45) is 4.99 Å². The highest BCUT2D eigenvalue weighted by Crippen LogP contribution is 2.24. The van der Waals surface area contributed by atoms with E-state index < -0.39 is 0 Å². The molecule has 4 heterocycles. The molecule has 0 aliphatic carbocycles. The van der Waals surface area contributed by atoms with Crippen LogP contribution in [0.5, 0.6) is 0 Å². The number of hydrogen-bond acceptors (Lipinski definition) is 7. The molecule has 1 N–H and O–H groups in total. The molecule has 2 aliphatic heterocycles. The van der Waals surface area contributed by atoms with Crippen LogP contribution < -0.4 is 15.1 Å². The van der Waals surface area contributed by atoms with Gasteiger partial charge in [0, 0.05) is 76.6 Å². The third-order valence-corrected chi connectivity index (χ3v) is 6.25. The molecule has 0 spiro atoms. The van der Waals surface area contributed by atoms with Crippen LogP contribution in [-0.2, 0) is 6.42 Å². The lowest BCUT2D eigenvalue weighted by molar-refractivity contribution is 0.370. The topological polar surface area (TPSA) is 72.8 Å². The number of aromatic nitrogens is 3. The number of anilines is 2. The maximum atomic E-state index is 4.87. The number of rotatable bonds is 6. The summed E-state index contributed by atoms with van der Waals surface area (Å²) in [7, 11) is 0. The Labute approximate surface area is 199 Å². The molecule has 0 radical (unpaired) electrons. The quantitative estimate of drug-likeness (QED) is 0.342. The Bertz CT molecular complexity index is 785. The zero-order valence-electron chi connectivity index (χ0n) is 17.5. The van der Waals surface area contributed by atoms with Gasteiger partial charge >= 0.3 is 0 Å². The molecule has 0 atom stereocenters. The van der Waals surface area contributed by atoms with Crippen molar-refractivity contribution in [3.05, 3.63) is 29.5 Å². The molecule has 8 nitrogen and oxygen atoms in total. The van der Waals surface area contributed by atoms with Gasteiger partial charge in [-0.15, -0.1) is 35.3 Å². The summed E-state index contributed by atoms with van der Waals surface area (Å²) in [6, 6.07) is 1.85. The number of guanidine groups is 1. The van der Waals surface area contributed by atoms with Gasteiger partial charge in [-0.2, -0.15) is 0 Å². The maximum Gasteiger partial charge on any atom is 0.225 e. The summed E-state index contributed by atoms with van der Waals surface area (Å²) in [4.78, 5) is 25.4. The van der Waals surface area contributed by atoms with Crippen LogP contribution in [0.15, 0.2) is 28.8 Å². The van der Waals surface area contributed by atoms with Crippen LogP contribution in [0.2, 0.25) is 0 Å². The van der Waals surface area contributed by atoms with Crippen LogP contribution in [0.25, 0.3) is 0 Å². The normalized spacial score (nSPS) is 17.2. The van der Waals surface area contributed by atoms with E-state index >= 15 is 0 Å². The van der Waals surface area contributed by atoms with E-state index in [-0.39, 0.29) is 24.0 Å². The number of thiazole rings is 1. The first-order valence-electron chi connectivity index (χ1n) is 10.6. The van der Waals surface area contributed by atoms with Crippen molar-refractivity contribution in [1.29, 1.82) is 0 Å². The first-order valence-corrected chi connectivity index (χ1v) is 11.5. The van der Waals surface area contributed by atoms with Crippen molar-refractivity contribution in [2.45, 2.75) is 26.2 Å². The standard InChI is InChI=1S/C20H30N8S.HI/c1-2-21-18(26-12-14-27(15-13-26)19-22-7-5-8-23-19)24-9-6-17-16-29-20(25-17)28-10-3-4-11-28;/h5,7-8,16H,2-4,6,9-15H2,1H3,(H,21,24);1H. The van der Waals surface area contributed by atoms with Gasteiger partial charge in [-0.25, -0.2) is 15.0 Å². The Hall–Kier alpha value is -1.69. The SMILES string of the molecule is CCNC(=NCCc1csc(N2CCCC2)n1)N1CCN(c2ncccn2)CC1.I. The van der Waals surface area contributed by atoms with Crippen LogP contribution >= 0.6 is 35.3 Å². The fourth-order valence-corrected chi connectivity index (χ4v) is 4.65. The largest absolute Gasteiger partial charge is 0.357 e. The monoisotopic (exact) mass is 542 g/mol. The van der Waals surface area contributed by atoms with Gasteiger partial charge in [0.2, 0.25) is 5.95 Å². The lowest BCUT2D eigenvalue weighted by Gasteiger charge is -2.36. The molecule has 2 aromatic heterocycles. The second kappa shape index (κ2) is 11.6. The van der Waals surface area contributed by atoms with Crippen molar-refractivity contribution < 1.29 is 0 Å². The highest BCUT2D eigenvalue weighted by molar-refractivity contribution is 14.0. The molecule has 10 heteroatoms. The number of hydrogen-bond donors (Lipinski definition) is 1. The van der Waals surface area contributed by atoms with Crippen molar-refractivity contribution in [1.82, 2.24) is 25.2 Å². The highest BCUT2D eigenvalue weighted by atomic mass is 127. The van der Waals surface area contributed by atoms with Crippen LogP contribution in [0.4, 0.5) is 11.1 Å². The zero-order chi connectivity index (χ0) is 19.9. The number of halogens is 1. The Morgan fingerprint density at radius 1 is 1.07 bits per heavy atom. The molecule has 164 valence electrons. The summed E-state index contributed by atoms with van der Waals surface area (Å²) in [6.07, 6.45) is 7.06. The third kappa shape index (κ3) is 5.93. The lowest BCUT2D eigenvalue weighted by atomic mass is 10.3. The van der Waals surface area contributed by atoms with Gasteiger partial charge in [-0.1, -0.05) is 0 Å². The van der Waals surface area contributed by atoms with Gasteiger partial charge in [0.15, 0.2) is 11.1 Å². The summed E-state index contributed by atoms with van der Waals surface area (Å²) in [5, 5.41) is 6.81. The van der Waals surface area contributed by atoms with Gasteiger partial charge in [-0.3, -0.25) is 4.99 Å². The minimum absolute atomic E-state index is 0. The van der Waals surface area contributed by atoms with Gasteiger partial charge in [-0.05, 0) is 25.8 Å². The van der Waals surface area contributed by atoms with Gasteiger partial charge < -0.3 is 20.0 Å². The molecular formula is C20H31IN8S. The molecule has 2 aliphatic rings. The number of piperazine rings is 1. The molecule has 30 heavy (non-hydrogen) atoms. The third-order valence-electron chi connectivity index (χ3n) is 5.29. The molecular weight excluding hydrogens is 511 g/mol. The fourth-order valence-electron chi connectivity index (χ4n) is 3.74. The molecule has 0 bridgehead atoms. The van der Waals surface area contributed by atoms with E-state index in [1.54, 1.807) is 23.7 Å². The molecule has 0 saturated carbocycles. The van der Waals surface area contributed by atoms with Crippen LogP contribution in [0.1, 0.15) is 25.5 Å². The van der Waals surface area contributed by atoms with Crippen LogP contribution in [-0.4, -0.2) is 78.2 Å². The van der Waals surface area contributed by atoms with Gasteiger partial charge in [0.25, 0.3) is 0 Å². The summed E-state index contributed by atoms with van der Waals surface area (Å²) >= 11 is 1.77. The van der Waals surface area contributed by atoms with E-state index in [1.165, 1.54) is 18.0 Å². The fraction of sp³-hybridized carbons (Fsp3) is 0.600. The predicted molar refractivity (Wildman–Crippen MR) is 134 cm³/mol. The van der Waals surface area contributed by atoms with E-state index in [0.29, 0.717) is 0 Å². The summed E-state index contributed by atoms with van der Waals surface area (Å²) in [5.74, 6) is 1.81. The molecule has 2 fully saturated rings. The Morgan fingerprint density at radius 2 is 1.80 bits per heavy atom. The molecule has 4 rings (SSSR count). The molecule has 2 saturated heterocycles. The van der Waals surface area contributed by atoms with Gasteiger partial charge in [0.1, 0.15) is 0 Å². The van der Waals surface area contributed by atoms with Crippen molar-refractivity contribution >= 4 is 52.4 Å². The zero-order valence-corrected chi connectivity index (χ0v) is 20.7. The van der Waals surface area contributed by atoms with Crippen molar-refractivity contribution in [3.63, 3.8) is 0 Å². The summed E-state index contributed by atoms with van der Waals surface area (Å²) in [6.45, 7) is 9.68. The first kappa shape index (κ1) is 23.0. The molecule has 0 amide bonds. The number of nitrogens with one attached hydrogen (secondary N) is 1. The average molecular weight is 542 g/mol. The second-order valence-corrected chi connectivity index (χ2v) is 8.16. The Balaban J connectivity index is 0.00000256. The highest BCUT2D eigenvalue weighted by Gasteiger charge is 2.21. The maximum absolute atomic E-state index is 4.87. The number of nitrogens with zero attached hydrogens (tertiary/aromatic N) is 7. The molecule has 0 unspecified atom stereocenters. The summed E-state index contributed by atoms with van der Waals surface area (Å²) in [5.41, 5.74) is 1.16. The Kier molecular flexibility index (Phi) is 8.91. The second-order valence-electron chi connectivity index (χ2n) is 7.32. The van der Waals surface area contributed by atoms with Crippen molar-refractivity contribution in [3.8, 4) is 0 Å². The van der Waals surface area contributed by atoms with E-state index in [0.717, 1.165) is 76.4 Å². The predicted octanol–water partition coefficient (Wildman–Crippen LogP) is 2.48. The minimum Gasteiger partial charge on any atom is -0.357 e. The van der Waals surface area contributed by atoms with E-state index in [4.69, 9.17) is 9.98 Å².